The number of halogens is 1. The molecule has 2 aliphatic heterocycles. The second-order valence-electron chi connectivity index (χ2n) is 8.16. The van der Waals surface area contributed by atoms with Crippen molar-refractivity contribution in [1.82, 2.24) is 9.80 Å². The van der Waals surface area contributed by atoms with Crippen LogP contribution in [0.3, 0.4) is 0 Å². The highest BCUT2D eigenvalue weighted by Crippen LogP contribution is 2.36. The van der Waals surface area contributed by atoms with E-state index in [1.807, 2.05) is 31.0 Å². The number of carbonyl (C=O) groups excluding carboxylic acids is 2. The molecule has 0 atom stereocenters. The highest BCUT2D eigenvalue weighted by atomic mass is 19.1. The molecule has 0 aliphatic carbocycles. The number of hydrogen-bond acceptors (Lipinski definition) is 4. The molecule has 156 valence electrons. The molecule has 5 nitrogen and oxygen atoms in total. The minimum Gasteiger partial charge on any atom is -0.366 e. The van der Waals surface area contributed by atoms with Gasteiger partial charge in [-0.15, -0.1) is 0 Å². The summed E-state index contributed by atoms with van der Waals surface area (Å²) in [5, 5.41) is 0. The van der Waals surface area contributed by atoms with Gasteiger partial charge in [0.05, 0.1) is 11.3 Å². The number of likely N-dealkylation sites (tertiary alicyclic amines) is 1. The smallest absolute Gasteiger partial charge is 0.282 e. The van der Waals surface area contributed by atoms with Gasteiger partial charge in [0, 0.05) is 13.1 Å². The van der Waals surface area contributed by atoms with Crippen molar-refractivity contribution >= 4 is 23.1 Å². The summed E-state index contributed by atoms with van der Waals surface area (Å²) < 4.78 is 13.5. The summed E-state index contributed by atoms with van der Waals surface area (Å²) >= 11 is 0. The van der Waals surface area contributed by atoms with Gasteiger partial charge in [-0.05, 0) is 69.7 Å². The first-order chi connectivity index (χ1) is 14.4. The van der Waals surface area contributed by atoms with Crippen molar-refractivity contribution < 1.29 is 14.0 Å². The maximum absolute atomic E-state index is 13.5. The molecular formula is C24H26FN3O2. The second kappa shape index (κ2) is 8.03. The van der Waals surface area contributed by atoms with Crippen molar-refractivity contribution in [2.45, 2.75) is 25.8 Å². The van der Waals surface area contributed by atoms with Crippen molar-refractivity contribution in [3.63, 3.8) is 0 Å². The van der Waals surface area contributed by atoms with Crippen molar-refractivity contribution in [3.05, 3.63) is 71.2 Å². The summed E-state index contributed by atoms with van der Waals surface area (Å²) in [6, 6.07) is 13.3. The lowest BCUT2D eigenvalue weighted by Gasteiger charge is -2.36. The molecule has 1 fully saturated rings. The zero-order valence-corrected chi connectivity index (χ0v) is 17.6. The summed E-state index contributed by atoms with van der Waals surface area (Å²) in [4.78, 5) is 32.4. The van der Waals surface area contributed by atoms with E-state index < -0.39 is 0 Å². The highest BCUT2D eigenvalue weighted by Gasteiger charge is 2.43. The lowest BCUT2D eigenvalue weighted by atomic mass is 10.00. The number of nitrogens with zero attached hydrogens (tertiary/aromatic N) is 3. The number of piperidine rings is 1. The van der Waals surface area contributed by atoms with Gasteiger partial charge in [0.2, 0.25) is 0 Å². The molecular weight excluding hydrogens is 381 g/mol. The summed E-state index contributed by atoms with van der Waals surface area (Å²) in [5.74, 6) is -1.08. The molecule has 1 saturated heterocycles. The Morgan fingerprint density at radius 1 is 0.933 bits per heavy atom. The molecule has 2 aromatic rings. The zero-order valence-electron chi connectivity index (χ0n) is 17.6. The third kappa shape index (κ3) is 3.63. The predicted molar refractivity (Wildman–Crippen MR) is 115 cm³/mol. The van der Waals surface area contributed by atoms with Gasteiger partial charge in [-0.2, -0.15) is 0 Å². The number of aryl methyl sites for hydroxylation is 1. The summed E-state index contributed by atoms with van der Waals surface area (Å²) in [5.41, 5.74) is 2.87. The molecule has 0 saturated carbocycles. The summed E-state index contributed by atoms with van der Waals surface area (Å²) in [6.07, 6.45) is 1.83. The lowest BCUT2D eigenvalue weighted by molar-refractivity contribution is -0.120. The van der Waals surface area contributed by atoms with E-state index >= 15 is 0 Å². The van der Waals surface area contributed by atoms with Gasteiger partial charge < -0.3 is 9.80 Å². The van der Waals surface area contributed by atoms with Crippen molar-refractivity contribution in [2.24, 2.45) is 0 Å². The standard InChI is InChI=1S/C24H26FN3O2/c1-16-4-10-20(11-5-16)28-23(29)21(17-6-8-18(25)9-7-17)22(24(28)30)27(3)19-12-14-26(2)15-13-19/h4-11,19H,12-15H2,1-3H3. The van der Waals surface area contributed by atoms with E-state index in [9.17, 15) is 14.0 Å². The Labute approximate surface area is 176 Å². The van der Waals surface area contributed by atoms with Crippen molar-refractivity contribution in [2.75, 3.05) is 32.1 Å². The fourth-order valence-corrected chi connectivity index (χ4v) is 4.22. The fourth-order valence-electron chi connectivity index (χ4n) is 4.22. The topological polar surface area (TPSA) is 43.9 Å². The molecule has 2 heterocycles. The van der Waals surface area contributed by atoms with E-state index in [1.165, 1.54) is 17.0 Å². The number of rotatable bonds is 4. The largest absolute Gasteiger partial charge is 0.366 e. The first-order valence-electron chi connectivity index (χ1n) is 10.2. The Kier molecular flexibility index (Phi) is 5.43. The molecule has 4 rings (SSSR count). The molecule has 0 aromatic heterocycles. The minimum atomic E-state index is -0.378. The second-order valence-corrected chi connectivity index (χ2v) is 8.16. The van der Waals surface area contributed by atoms with E-state index in [2.05, 4.69) is 11.9 Å². The number of carbonyl (C=O) groups is 2. The first-order valence-corrected chi connectivity index (χ1v) is 10.2. The number of amides is 2. The monoisotopic (exact) mass is 407 g/mol. The number of hydrogen-bond donors (Lipinski definition) is 0. The van der Waals surface area contributed by atoms with Gasteiger partial charge >= 0.3 is 0 Å². The van der Waals surface area contributed by atoms with Crippen LogP contribution in [0.25, 0.3) is 5.57 Å². The van der Waals surface area contributed by atoms with Crippen LogP contribution in [-0.2, 0) is 9.59 Å². The summed E-state index contributed by atoms with van der Waals surface area (Å²) in [6.45, 7) is 3.84. The average molecular weight is 407 g/mol. The van der Waals surface area contributed by atoms with Crippen LogP contribution in [0.4, 0.5) is 10.1 Å². The van der Waals surface area contributed by atoms with E-state index in [0.717, 1.165) is 31.5 Å². The molecule has 2 aromatic carbocycles. The van der Waals surface area contributed by atoms with Gasteiger partial charge in [0.15, 0.2) is 0 Å². The van der Waals surface area contributed by atoms with E-state index in [-0.39, 0.29) is 23.7 Å². The third-order valence-electron chi connectivity index (χ3n) is 6.07. The highest BCUT2D eigenvalue weighted by molar-refractivity contribution is 6.45. The fraction of sp³-hybridized carbons (Fsp3) is 0.333. The Balaban J connectivity index is 1.77. The quantitative estimate of drug-likeness (QED) is 0.729. The van der Waals surface area contributed by atoms with Crippen LogP contribution in [0, 0.1) is 12.7 Å². The molecule has 0 bridgehead atoms. The lowest BCUT2D eigenvalue weighted by Crippen LogP contribution is -2.43. The maximum Gasteiger partial charge on any atom is 0.282 e. The van der Waals surface area contributed by atoms with Gasteiger partial charge in [-0.1, -0.05) is 29.8 Å². The van der Waals surface area contributed by atoms with Crippen LogP contribution in [0.2, 0.25) is 0 Å². The zero-order chi connectivity index (χ0) is 21.4. The molecule has 0 N–H and O–H groups in total. The number of likely N-dealkylation sites (N-methyl/N-ethyl adjacent to an activating group) is 1. The Morgan fingerprint density at radius 3 is 2.13 bits per heavy atom. The predicted octanol–water partition coefficient (Wildman–Crippen LogP) is 3.44. The van der Waals surface area contributed by atoms with E-state index in [0.29, 0.717) is 22.5 Å². The van der Waals surface area contributed by atoms with Gasteiger partial charge in [-0.25, -0.2) is 9.29 Å². The van der Waals surface area contributed by atoms with Crippen LogP contribution in [0.15, 0.2) is 54.2 Å². The van der Waals surface area contributed by atoms with Gasteiger partial charge in [-0.3, -0.25) is 9.59 Å². The molecule has 0 unspecified atom stereocenters. The SMILES string of the molecule is Cc1ccc(N2C(=O)C(c3ccc(F)cc3)=C(N(C)C3CCN(C)CC3)C2=O)cc1. The van der Waals surface area contributed by atoms with Crippen molar-refractivity contribution in [1.29, 1.82) is 0 Å². The molecule has 0 spiro atoms. The van der Waals surface area contributed by atoms with E-state index in [1.54, 1.807) is 24.3 Å². The first kappa shape index (κ1) is 20.3. The van der Waals surface area contributed by atoms with Crippen LogP contribution in [-0.4, -0.2) is 54.8 Å². The number of imide groups is 1. The Morgan fingerprint density at radius 2 is 1.53 bits per heavy atom. The Hall–Kier alpha value is -2.99. The summed E-state index contributed by atoms with van der Waals surface area (Å²) in [7, 11) is 3.97. The maximum atomic E-state index is 13.5. The van der Waals surface area contributed by atoms with Crippen LogP contribution < -0.4 is 4.90 Å². The molecule has 30 heavy (non-hydrogen) atoms. The molecule has 2 amide bonds. The molecule has 6 heteroatoms. The van der Waals surface area contributed by atoms with Crippen molar-refractivity contribution in [3.8, 4) is 0 Å². The normalized spacial score (nSPS) is 18.5. The van der Waals surface area contributed by atoms with Gasteiger partial charge in [0.1, 0.15) is 11.5 Å². The van der Waals surface area contributed by atoms with E-state index in [4.69, 9.17) is 0 Å². The minimum absolute atomic E-state index is 0.168. The Bertz CT molecular complexity index is 990. The van der Waals surface area contributed by atoms with Crippen LogP contribution in [0.5, 0.6) is 0 Å². The number of anilines is 1. The van der Waals surface area contributed by atoms with Crippen LogP contribution in [0.1, 0.15) is 24.0 Å². The van der Waals surface area contributed by atoms with Gasteiger partial charge in [0.25, 0.3) is 11.8 Å². The number of benzene rings is 2. The average Bonchev–Trinajstić information content (AvgIpc) is 3.00. The molecule has 2 aliphatic rings. The molecule has 0 radical (unpaired) electrons. The third-order valence-corrected chi connectivity index (χ3v) is 6.07. The van der Waals surface area contributed by atoms with Crippen LogP contribution >= 0.6 is 0 Å².